The first-order chi connectivity index (χ1) is 15.1. The Kier molecular flexibility index (Phi) is 5.42. The topological polar surface area (TPSA) is 59.4 Å². The molecule has 2 aliphatic heterocycles. The van der Waals surface area contributed by atoms with Gasteiger partial charge in [0.05, 0.1) is 29.5 Å². The Balaban J connectivity index is 1.52. The smallest absolute Gasteiger partial charge is 0.257 e. The molecule has 3 aromatic rings. The highest BCUT2D eigenvalue weighted by molar-refractivity contribution is 6.30. The molecule has 1 fully saturated rings. The number of ether oxygens (including phenoxy) is 1. The Morgan fingerprint density at radius 2 is 1.94 bits per heavy atom. The van der Waals surface area contributed by atoms with Gasteiger partial charge in [-0.3, -0.25) is 4.79 Å². The molecule has 1 aromatic heterocycles. The fraction of sp³-hybridized carbons (Fsp3) is 0.333. The summed E-state index contributed by atoms with van der Waals surface area (Å²) in [5.41, 5.74) is 4.24. The van der Waals surface area contributed by atoms with E-state index in [1.807, 2.05) is 54.3 Å². The number of para-hydroxylation sites is 1. The van der Waals surface area contributed by atoms with Crippen molar-refractivity contribution in [3.63, 3.8) is 0 Å². The average molecular weight is 437 g/mol. The van der Waals surface area contributed by atoms with E-state index in [-0.39, 0.29) is 12.0 Å². The van der Waals surface area contributed by atoms with Gasteiger partial charge in [-0.15, -0.1) is 0 Å². The first kappa shape index (κ1) is 20.1. The van der Waals surface area contributed by atoms with Crippen LogP contribution in [0, 0.1) is 6.92 Å². The second-order valence-electron chi connectivity index (χ2n) is 8.12. The molecule has 3 heterocycles. The van der Waals surface area contributed by atoms with Crippen LogP contribution in [0.3, 0.4) is 0 Å². The van der Waals surface area contributed by atoms with Crippen LogP contribution in [-0.4, -0.2) is 39.8 Å². The van der Waals surface area contributed by atoms with Gasteiger partial charge in [-0.05, 0) is 37.5 Å². The van der Waals surface area contributed by atoms with Gasteiger partial charge in [0.25, 0.3) is 5.91 Å². The normalized spacial score (nSPS) is 20.6. The van der Waals surface area contributed by atoms with Gasteiger partial charge < -0.3 is 15.0 Å². The van der Waals surface area contributed by atoms with Crippen LogP contribution in [0.4, 0.5) is 5.69 Å². The largest absolute Gasteiger partial charge is 0.376 e. The van der Waals surface area contributed by atoms with E-state index in [1.165, 1.54) is 0 Å². The molecule has 1 N–H and O–H groups in total. The third kappa shape index (κ3) is 3.82. The Bertz CT molecular complexity index is 1090. The van der Waals surface area contributed by atoms with E-state index >= 15 is 0 Å². The van der Waals surface area contributed by atoms with E-state index < -0.39 is 6.17 Å². The number of benzene rings is 2. The molecule has 2 aromatic carbocycles. The molecule has 160 valence electrons. The van der Waals surface area contributed by atoms with Gasteiger partial charge in [0.2, 0.25) is 0 Å². The maximum atomic E-state index is 13.5. The predicted molar refractivity (Wildman–Crippen MR) is 120 cm³/mol. The molecule has 5 rings (SSSR count). The molecule has 2 atom stereocenters. The van der Waals surface area contributed by atoms with Crippen molar-refractivity contribution in [1.82, 2.24) is 14.7 Å². The van der Waals surface area contributed by atoms with Crippen molar-refractivity contribution in [1.29, 1.82) is 0 Å². The monoisotopic (exact) mass is 436 g/mol. The standard InChI is InChI=1S/C24H25ClN4O2/c1-16-21(22(25)29(27-16)14-17-8-3-2-4-9-17)23-26-20-12-6-5-11-19(20)24(30)28(23)15-18-10-7-13-31-18/h2-6,8-9,11-12,18,23,26H,7,10,13-15H2,1H3. The van der Waals surface area contributed by atoms with Crippen molar-refractivity contribution < 1.29 is 9.53 Å². The van der Waals surface area contributed by atoms with Gasteiger partial charge in [-0.1, -0.05) is 54.1 Å². The molecule has 0 bridgehead atoms. The van der Waals surface area contributed by atoms with Crippen LogP contribution in [0.15, 0.2) is 54.6 Å². The van der Waals surface area contributed by atoms with E-state index in [0.29, 0.717) is 23.8 Å². The molecule has 0 spiro atoms. The van der Waals surface area contributed by atoms with E-state index in [1.54, 1.807) is 4.68 Å². The van der Waals surface area contributed by atoms with E-state index in [0.717, 1.165) is 42.0 Å². The zero-order chi connectivity index (χ0) is 21.4. The minimum absolute atomic E-state index is 0.0128. The Morgan fingerprint density at radius 1 is 1.16 bits per heavy atom. The summed E-state index contributed by atoms with van der Waals surface area (Å²) < 4.78 is 7.65. The summed E-state index contributed by atoms with van der Waals surface area (Å²) in [5.74, 6) is -0.0128. The van der Waals surface area contributed by atoms with Crippen LogP contribution >= 0.6 is 11.6 Å². The number of amides is 1. The fourth-order valence-electron chi connectivity index (χ4n) is 4.46. The molecule has 0 aliphatic carbocycles. The SMILES string of the molecule is Cc1nn(Cc2ccccc2)c(Cl)c1C1Nc2ccccc2C(=O)N1CC1CCCO1. The maximum Gasteiger partial charge on any atom is 0.257 e. The highest BCUT2D eigenvalue weighted by Crippen LogP contribution is 2.38. The van der Waals surface area contributed by atoms with E-state index in [9.17, 15) is 4.79 Å². The van der Waals surface area contributed by atoms with Gasteiger partial charge in [0.15, 0.2) is 0 Å². The second-order valence-corrected chi connectivity index (χ2v) is 8.48. The molecular weight excluding hydrogens is 412 g/mol. The number of aryl methyl sites for hydroxylation is 1. The molecule has 6 nitrogen and oxygen atoms in total. The molecule has 0 radical (unpaired) electrons. The lowest BCUT2D eigenvalue weighted by molar-refractivity contribution is 0.0426. The minimum Gasteiger partial charge on any atom is -0.376 e. The van der Waals surface area contributed by atoms with Gasteiger partial charge in [-0.2, -0.15) is 5.10 Å². The summed E-state index contributed by atoms with van der Waals surface area (Å²) in [4.78, 5) is 15.3. The summed E-state index contributed by atoms with van der Waals surface area (Å²) in [5, 5.41) is 8.79. The summed E-state index contributed by atoms with van der Waals surface area (Å²) in [6.07, 6.45) is 1.62. The number of nitrogens with zero attached hydrogens (tertiary/aromatic N) is 3. The maximum absolute atomic E-state index is 13.5. The lowest BCUT2D eigenvalue weighted by atomic mass is 10.0. The summed E-state index contributed by atoms with van der Waals surface area (Å²) in [7, 11) is 0. The second kappa shape index (κ2) is 8.36. The molecule has 7 heteroatoms. The van der Waals surface area contributed by atoms with E-state index in [2.05, 4.69) is 17.4 Å². The zero-order valence-electron chi connectivity index (χ0n) is 17.4. The molecule has 2 aliphatic rings. The molecular formula is C24H25ClN4O2. The molecule has 0 saturated carbocycles. The molecule has 1 amide bonds. The van der Waals surface area contributed by atoms with Crippen LogP contribution in [0.1, 0.15) is 46.2 Å². The van der Waals surface area contributed by atoms with Crippen LogP contribution in [0.5, 0.6) is 0 Å². The highest BCUT2D eigenvalue weighted by Gasteiger charge is 2.38. The van der Waals surface area contributed by atoms with Crippen molar-refractivity contribution in [3.05, 3.63) is 82.1 Å². The van der Waals surface area contributed by atoms with Crippen molar-refractivity contribution in [2.24, 2.45) is 0 Å². The third-order valence-electron chi connectivity index (χ3n) is 6.00. The van der Waals surface area contributed by atoms with Crippen LogP contribution < -0.4 is 5.32 Å². The number of halogens is 1. The number of rotatable bonds is 5. The third-order valence-corrected chi connectivity index (χ3v) is 6.40. The number of nitrogens with one attached hydrogen (secondary N) is 1. The highest BCUT2D eigenvalue weighted by atomic mass is 35.5. The molecule has 1 saturated heterocycles. The number of aromatic nitrogens is 2. The Hall–Kier alpha value is -2.83. The number of carbonyl (C=O) groups is 1. The van der Waals surface area contributed by atoms with E-state index in [4.69, 9.17) is 21.4 Å². The van der Waals surface area contributed by atoms with Gasteiger partial charge >= 0.3 is 0 Å². The number of fused-ring (bicyclic) bond motifs is 1. The quantitative estimate of drug-likeness (QED) is 0.633. The van der Waals surface area contributed by atoms with Crippen molar-refractivity contribution in [2.75, 3.05) is 18.5 Å². The van der Waals surface area contributed by atoms with Crippen LogP contribution in [0.25, 0.3) is 0 Å². The van der Waals surface area contributed by atoms with Gasteiger partial charge in [-0.25, -0.2) is 4.68 Å². The summed E-state index contributed by atoms with van der Waals surface area (Å²) >= 11 is 6.86. The predicted octanol–water partition coefficient (Wildman–Crippen LogP) is 4.64. The van der Waals surface area contributed by atoms with Gasteiger partial charge in [0.1, 0.15) is 11.3 Å². The van der Waals surface area contributed by atoms with Crippen molar-refractivity contribution in [3.8, 4) is 0 Å². The fourth-order valence-corrected chi connectivity index (χ4v) is 4.79. The minimum atomic E-state index is -0.399. The Labute approximate surface area is 186 Å². The summed E-state index contributed by atoms with van der Waals surface area (Å²) in [6, 6.07) is 17.7. The first-order valence-corrected chi connectivity index (χ1v) is 11.0. The molecule has 31 heavy (non-hydrogen) atoms. The number of carbonyl (C=O) groups excluding carboxylic acids is 1. The molecule has 2 unspecified atom stereocenters. The van der Waals surface area contributed by atoms with Crippen molar-refractivity contribution in [2.45, 2.75) is 38.6 Å². The van der Waals surface area contributed by atoms with Crippen LogP contribution in [-0.2, 0) is 11.3 Å². The first-order valence-electron chi connectivity index (χ1n) is 10.7. The summed E-state index contributed by atoms with van der Waals surface area (Å²) in [6.45, 7) is 3.78. The lowest BCUT2D eigenvalue weighted by Gasteiger charge is -2.39. The number of hydrogen-bond donors (Lipinski definition) is 1. The van der Waals surface area contributed by atoms with Crippen LogP contribution in [0.2, 0.25) is 5.15 Å². The lowest BCUT2D eigenvalue weighted by Crippen LogP contribution is -2.46. The average Bonchev–Trinajstić information content (AvgIpc) is 3.39. The van der Waals surface area contributed by atoms with Gasteiger partial charge in [0, 0.05) is 18.8 Å². The number of hydrogen-bond acceptors (Lipinski definition) is 4. The number of anilines is 1. The van der Waals surface area contributed by atoms with Crippen molar-refractivity contribution >= 4 is 23.2 Å². The zero-order valence-corrected chi connectivity index (χ0v) is 18.2. The Morgan fingerprint density at radius 3 is 2.71 bits per heavy atom.